The summed E-state index contributed by atoms with van der Waals surface area (Å²) in [5, 5.41) is 13.7. The van der Waals surface area contributed by atoms with Gasteiger partial charge in [0, 0.05) is 12.7 Å². The summed E-state index contributed by atoms with van der Waals surface area (Å²) in [6.45, 7) is 4.11. The molecule has 0 saturated carbocycles. The summed E-state index contributed by atoms with van der Waals surface area (Å²) in [7, 11) is 0. The van der Waals surface area contributed by atoms with E-state index in [0.717, 1.165) is 19.4 Å². The number of amides is 1. The molecule has 1 amide bonds. The number of hydrogen-bond acceptors (Lipinski definition) is 4. The van der Waals surface area contributed by atoms with Crippen molar-refractivity contribution in [2.45, 2.75) is 31.8 Å². The van der Waals surface area contributed by atoms with Crippen molar-refractivity contribution in [1.29, 1.82) is 0 Å². The fourth-order valence-corrected chi connectivity index (χ4v) is 1.92. The predicted molar refractivity (Wildman–Crippen MR) is 58.7 cm³/mol. The molecule has 1 aliphatic heterocycles. The minimum Gasteiger partial charge on any atom is -0.353 e. The van der Waals surface area contributed by atoms with Gasteiger partial charge in [-0.2, -0.15) is 0 Å². The summed E-state index contributed by atoms with van der Waals surface area (Å²) in [6, 6.07) is 0. The van der Waals surface area contributed by atoms with Crippen LogP contribution in [0, 0.1) is 0 Å². The Balaban J connectivity index is 1.75. The van der Waals surface area contributed by atoms with Gasteiger partial charge < -0.3 is 10.6 Å². The highest BCUT2D eigenvalue weighted by atomic mass is 16.2. The average molecular weight is 223 g/mol. The van der Waals surface area contributed by atoms with Crippen LogP contribution in [-0.2, 0) is 11.3 Å². The van der Waals surface area contributed by atoms with Crippen LogP contribution in [0.5, 0.6) is 0 Å². The molecule has 1 saturated heterocycles. The molecule has 2 heterocycles. The van der Waals surface area contributed by atoms with E-state index in [2.05, 4.69) is 20.9 Å². The second-order valence-corrected chi connectivity index (χ2v) is 4.28. The Hall–Kier alpha value is -1.43. The first-order chi connectivity index (χ1) is 7.71. The van der Waals surface area contributed by atoms with Gasteiger partial charge in [-0.1, -0.05) is 5.21 Å². The fourth-order valence-electron chi connectivity index (χ4n) is 1.92. The monoisotopic (exact) mass is 223 g/mol. The molecule has 0 aromatic carbocycles. The van der Waals surface area contributed by atoms with Gasteiger partial charge in [0.2, 0.25) is 5.91 Å². The first-order valence-electron chi connectivity index (χ1n) is 5.58. The quantitative estimate of drug-likeness (QED) is 0.724. The number of nitrogens with zero attached hydrogens (tertiary/aromatic N) is 3. The van der Waals surface area contributed by atoms with Crippen molar-refractivity contribution in [2.24, 2.45) is 0 Å². The van der Waals surface area contributed by atoms with Crippen molar-refractivity contribution in [3.8, 4) is 0 Å². The summed E-state index contributed by atoms with van der Waals surface area (Å²) in [6.07, 6.45) is 5.37. The first-order valence-corrected chi connectivity index (χ1v) is 5.58. The molecular formula is C10H17N5O. The van der Waals surface area contributed by atoms with Crippen LogP contribution in [0.2, 0.25) is 0 Å². The molecule has 0 radical (unpaired) electrons. The van der Waals surface area contributed by atoms with E-state index in [4.69, 9.17) is 0 Å². The van der Waals surface area contributed by atoms with Gasteiger partial charge in [0.25, 0.3) is 0 Å². The van der Waals surface area contributed by atoms with Crippen molar-refractivity contribution in [1.82, 2.24) is 25.6 Å². The lowest BCUT2D eigenvalue weighted by molar-refractivity contribution is -0.126. The Labute approximate surface area is 94.4 Å². The lowest BCUT2D eigenvalue weighted by Gasteiger charge is -2.22. The molecule has 1 aromatic heterocycles. The van der Waals surface area contributed by atoms with E-state index in [-0.39, 0.29) is 11.4 Å². The molecule has 6 heteroatoms. The van der Waals surface area contributed by atoms with Gasteiger partial charge in [-0.25, -0.2) is 0 Å². The van der Waals surface area contributed by atoms with Crippen LogP contribution < -0.4 is 10.6 Å². The van der Waals surface area contributed by atoms with E-state index in [0.29, 0.717) is 13.1 Å². The zero-order valence-electron chi connectivity index (χ0n) is 9.44. The van der Waals surface area contributed by atoms with Gasteiger partial charge in [0.05, 0.1) is 18.3 Å². The van der Waals surface area contributed by atoms with Crippen molar-refractivity contribution in [3.63, 3.8) is 0 Å². The Bertz CT molecular complexity index is 342. The third kappa shape index (κ3) is 2.38. The molecule has 16 heavy (non-hydrogen) atoms. The van der Waals surface area contributed by atoms with Crippen molar-refractivity contribution >= 4 is 5.91 Å². The fraction of sp³-hybridized carbons (Fsp3) is 0.700. The summed E-state index contributed by atoms with van der Waals surface area (Å²) in [5.74, 6) is 0.0742. The van der Waals surface area contributed by atoms with Crippen molar-refractivity contribution in [3.05, 3.63) is 12.4 Å². The maximum absolute atomic E-state index is 11.9. The van der Waals surface area contributed by atoms with Crippen LogP contribution in [0.15, 0.2) is 12.4 Å². The van der Waals surface area contributed by atoms with Crippen LogP contribution in [0.4, 0.5) is 0 Å². The lowest BCUT2D eigenvalue weighted by Crippen LogP contribution is -2.51. The van der Waals surface area contributed by atoms with Gasteiger partial charge in [-0.3, -0.25) is 9.48 Å². The Morgan fingerprint density at radius 1 is 1.69 bits per heavy atom. The summed E-state index contributed by atoms with van der Waals surface area (Å²) in [5.41, 5.74) is -0.387. The van der Waals surface area contributed by atoms with E-state index >= 15 is 0 Å². The van der Waals surface area contributed by atoms with Gasteiger partial charge in [-0.15, -0.1) is 5.10 Å². The van der Waals surface area contributed by atoms with E-state index < -0.39 is 0 Å². The molecule has 0 aliphatic carbocycles. The standard InChI is InChI=1S/C10H17N5O/c1-10(3-2-4-12-10)9(16)11-5-7-15-8-6-13-14-15/h6,8,12H,2-5,7H2,1H3,(H,11,16). The van der Waals surface area contributed by atoms with E-state index in [1.807, 2.05) is 6.92 Å². The molecule has 1 aliphatic rings. The third-order valence-electron chi connectivity index (χ3n) is 2.97. The Morgan fingerprint density at radius 3 is 3.19 bits per heavy atom. The smallest absolute Gasteiger partial charge is 0.240 e. The van der Waals surface area contributed by atoms with Gasteiger partial charge in [0.15, 0.2) is 0 Å². The van der Waals surface area contributed by atoms with Crippen molar-refractivity contribution < 1.29 is 4.79 Å². The van der Waals surface area contributed by atoms with Crippen LogP contribution >= 0.6 is 0 Å². The number of carbonyl (C=O) groups is 1. The Kier molecular flexibility index (Phi) is 3.19. The number of aromatic nitrogens is 3. The maximum Gasteiger partial charge on any atom is 0.240 e. The first kappa shape index (κ1) is 11.1. The summed E-state index contributed by atoms with van der Waals surface area (Å²) < 4.78 is 1.70. The number of nitrogens with one attached hydrogen (secondary N) is 2. The van der Waals surface area contributed by atoms with Crippen LogP contribution in [0.1, 0.15) is 19.8 Å². The SMILES string of the molecule is CC1(C(=O)NCCn2ccnn2)CCCN1. The molecule has 2 N–H and O–H groups in total. The normalized spacial score (nSPS) is 24.6. The predicted octanol–water partition coefficient (Wildman–Crippen LogP) is -0.464. The Morgan fingerprint density at radius 2 is 2.56 bits per heavy atom. The molecule has 6 nitrogen and oxygen atoms in total. The molecule has 1 unspecified atom stereocenters. The molecule has 1 fully saturated rings. The molecule has 0 spiro atoms. The average Bonchev–Trinajstić information content (AvgIpc) is 2.90. The maximum atomic E-state index is 11.9. The minimum absolute atomic E-state index is 0.0742. The zero-order chi connectivity index (χ0) is 11.4. The highest BCUT2D eigenvalue weighted by Crippen LogP contribution is 2.18. The summed E-state index contributed by atoms with van der Waals surface area (Å²) in [4.78, 5) is 11.9. The highest BCUT2D eigenvalue weighted by molar-refractivity contribution is 5.86. The van der Waals surface area contributed by atoms with E-state index in [9.17, 15) is 4.79 Å². The van der Waals surface area contributed by atoms with Gasteiger partial charge in [0.1, 0.15) is 0 Å². The topological polar surface area (TPSA) is 71.8 Å². The number of hydrogen-bond donors (Lipinski definition) is 2. The van der Waals surface area contributed by atoms with E-state index in [1.54, 1.807) is 17.1 Å². The number of carbonyl (C=O) groups excluding carboxylic acids is 1. The molecule has 88 valence electrons. The third-order valence-corrected chi connectivity index (χ3v) is 2.97. The van der Waals surface area contributed by atoms with Crippen LogP contribution in [-0.4, -0.2) is 39.5 Å². The summed E-state index contributed by atoms with van der Waals surface area (Å²) >= 11 is 0. The molecule has 2 rings (SSSR count). The molecule has 0 bridgehead atoms. The van der Waals surface area contributed by atoms with Gasteiger partial charge >= 0.3 is 0 Å². The lowest BCUT2D eigenvalue weighted by atomic mass is 9.99. The minimum atomic E-state index is -0.387. The largest absolute Gasteiger partial charge is 0.353 e. The second-order valence-electron chi connectivity index (χ2n) is 4.28. The van der Waals surface area contributed by atoms with Crippen LogP contribution in [0.3, 0.4) is 0 Å². The second kappa shape index (κ2) is 4.61. The van der Waals surface area contributed by atoms with E-state index in [1.165, 1.54) is 0 Å². The number of rotatable bonds is 4. The zero-order valence-corrected chi connectivity index (χ0v) is 9.44. The van der Waals surface area contributed by atoms with Gasteiger partial charge in [-0.05, 0) is 26.3 Å². The molecule has 1 aromatic rings. The van der Waals surface area contributed by atoms with Crippen LogP contribution in [0.25, 0.3) is 0 Å². The highest BCUT2D eigenvalue weighted by Gasteiger charge is 2.35. The molecular weight excluding hydrogens is 206 g/mol. The van der Waals surface area contributed by atoms with Crippen molar-refractivity contribution in [2.75, 3.05) is 13.1 Å². The molecule has 1 atom stereocenters.